The van der Waals surface area contributed by atoms with E-state index in [4.69, 9.17) is 20.3 Å². The summed E-state index contributed by atoms with van der Waals surface area (Å²) in [5.41, 5.74) is 5.59. The van der Waals surface area contributed by atoms with Crippen molar-refractivity contribution in [3.8, 4) is 0 Å². The highest BCUT2D eigenvalue weighted by Crippen LogP contribution is 2.40. The molecule has 2 aliphatic rings. The van der Waals surface area contributed by atoms with Crippen LogP contribution in [0.3, 0.4) is 0 Å². The van der Waals surface area contributed by atoms with Gasteiger partial charge in [-0.1, -0.05) is 6.42 Å². The summed E-state index contributed by atoms with van der Waals surface area (Å²) in [6, 6.07) is 0. The third kappa shape index (κ3) is 3.43. The van der Waals surface area contributed by atoms with E-state index >= 15 is 0 Å². The van der Waals surface area contributed by atoms with Gasteiger partial charge in [0.25, 0.3) is 0 Å². The maximum atomic E-state index is 10.9. The number of aliphatic carboxylic acids is 1. The summed E-state index contributed by atoms with van der Waals surface area (Å²) in [6.07, 6.45) is 6.45. The molecular formula is C13H23NO4. The molecule has 18 heavy (non-hydrogen) atoms. The van der Waals surface area contributed by atoms with Crippen molar-refractivity contribution < 1.29 is 19.4 Å². The predicted octanol–water partition coefficient (Wildman–Crippen LogP) is 1.64. The van der Waals surface area contributed by atoms with Gasteiger partial charge >= 0.3 is 5.97 Å². The second-order valence-electron chi connectivity index (χ2n) is 5.36. The number of carbonyl (C=O) groups is 1. The number of hydrogen-bond acceptors (Lipinski definition) is 4. The standard InChI is InChI=1S/C13H23NO4/c14-7-4-10-8-11(9-12(15)16)18-13(17-10)5-2-1-3-6-13/h10-11H,1-9,14H2,(H,15,16)/t10-,11+/m0/s1. The van der Waals surface area contributed by atoms with Crippen LogP contribution in [0.15, 0.2) is 0 Å². The van der Waals surface area contributed by atoms with E-state index in [2.05, 4.69) is 0 Å². The highest BCUT2D eigenvalue weighted by molar-refractivity contribution is 5.67. The van der Waals surface area contributed by atoms with Crippen molar-refractivity contribution in [1.82, 2.24) is 0 Å². The Labute approximate surface area is 108 Å². The lowest BCUT2D eigenvalue weighted by Gasteiger charge is -2.46. The van der Waals surface area contributed by atoms with Crippen LogP contribution < -0.4 is 5.73 Å². The van der Waals surface area contributed by atoms with E-state index in [1.54, 1.807) is 0 Å². The largest absolute Gasteiger partial charge is 0.481 e. The summed E-state index contributed by atoms with van der Waals surface area (Å²) < 4.78 is 12.0. The molecule has 1 saturated heterocycles. The Morgan fingerprint density at radius 1 is 1.22 bits per heavy atom. The van der Waals surface area contributed by atoms with Gasteiger partial charge in [-0.2, -0.15) is 0 Å². The van der Waals surface area contributed by atoms with Crippen molar-refractivity contribution in [3.63, 3.8) is 0 Å². The molecule has 5 nitrogen and oxygen atoms in total. The fourth-order valence-electron chi connectivity index (χ4n) is 3.03. The Balaban J connectivity index is 2.02. The third-order valence-electron chi connectivity index (χ3n) is 3.79. The minimum absolute atomic E-state index is 0.0474. The van der Waals surface area contributed by atoms with Crippen LogP contribution in [0, 0.1) is 0 Å². The quantitative estimate of drug-likeness (QED) is 0.800. The molecule has 0 aromatic carbocycles. The van der Waals surface area contributed by atoms with Crippen LogP contribution in [0.4, 0.5) is 0 Å². The molecule has 5 heteroatoms. The summed E-state index contributed by atoms with van der Waals surface area (Å²) in [7, 11) is 0. The molecule has 0 aromatic heterocycles. The Bertz CT molecular complexity index is 289. The molecule has 0 unspecified atom stereocenters. The van der Waals surface area contributed by atoms with Gasteiger partial charge in [0.05, 0.1) is 18.6 Å². The molecule has 0 amide bonds. The molecule has 1 aliphatic heterocycles. The van der Waals surface area contributed by atoms with E-state index < -0.39 is 11.8 Å². The smallest absolute Gasteiger partial charge is 0.305 e. The van der Waals surface area contributed by atoms with Crippen LogP contribution in [0.1, 0.15) is 51.4 Å². The molecule has 2 fully saturated rings. The van der Waals surface area contributed by atoms with E-state index in [0.29, 0.717) is 13.0 Å². The lowest BCUT2D eigenvalue weighted by atomic mass is 9.91. The normalized spacial score (nSPS) is 31.4. The molecule has 2 rings (SSSR count). The van der Waals surface area contributed by atoms with Crippen molar-refractivity contribution in [2.45, 2.75) is 69.4 Å². The maximum Gasteiger partial charge on any atom is 0.305 e. The third-order valence-corrected chi connectivity index (χ3v) is 3.79. The average Bonchev–Trinajstić information content (AvgIpc) is 2.28. The van der Waals surface area contributed by atoms with Crippen molar-refractivity contribution in [2.24, 2.45) is 5.73 Å². The Hall–Kier alpha value is -0.650. The lowest BCUT2D eigenvalue weighted by molar-refractivity contribution is -0.329. The van der Waals surface area contributed by atoms with Crippen molar-refractivity contribution in [1.29, 1.82) is 0 Å². The molecule has 1 spiro atoms. The zero-order valence-electron chi connectivity index (χ0n) is 10.8. The average molecular weight is 257 g/mol. The van der Waals surface area contributed by atoms with Gasteiger partial charge in [0.15, 0.2) is 5.79 Å². The Kier molecular flexibility index (Phi) is 4.59. The van der Waals surface area contributed by atoms with Gasteiger partial charge in [0.1, 0.15) is 0 Å². The van der Waals surface area contributed by atoms with Crippen LogP contribution >= 0.6 is 0 Å². The molecule has 1 saturated carbocycles. The molecule has 104 valence electrons. The van der Waals surface area contributed by atoms with E-state index in [9.17, 15) is 4.79 Å². The second-order valence-corrected chi connectivity index (χ2v) is 5.36. The van der Waals surface area contributed by atoms with Crippen LogP contribution in [-0.2, 0) is 14.3 Å². The van der Waals surface area contributed by atoms with Crippen LogP contribution in [0.5, 0.6) is 0 Å². The first-order chi connectivity index (χ1) is 8.63. The fourth-order valence-corrected chi connectivity index (χ4v) is 3.03. The number of rotatable bonds is 4. The molecule has 1 aliphatic carbocycles. The zero-order chi connectivity index (χ0) is 13.0. The minimum atomic E-state index is -0.806. The number of carboxylic acid groups (broad SMARTS) is 1. The van der Waals surface area contributed by atoms with E-state index in [0.717, 1.165) is 32.1 Å². The Morgan fingerprint density at radius 3 is 2.50 bits per heavy atom. The SMILES string of the molecule is NCC[C@H]1C[C@H](CC(=O)O)OC2(CCCCC2)O1. The highest BCUT2D eigenvalue weighted by atomic mass is 16.7. The molecule has 0 bridgehead atoms. The summed E-state index contributed by atoms with van der Waals surface area (Å²) in [5, 5.41) is 8.92. The Morgan fingerprint density at radius 2 is 1.89 bits per heavy atom. The molecule has 0 aromatic rings. The summed E-state index contributed by atoms with van der Waals surface area (Å²) in [6.45, 7) is 0.570. The van der Waals surface area contributed by atoms with E-state index in [1.165, 1.54) is 6.42 Å². The molecule has 3 N–H and O–H groups in total. The van der Waals surface area contributed by atoms with Gasteiger partial charge in [0, 0.05) is 19.3 Å². The van der Waals surface area contributed by atoms with Gasteiger partial charge in [-0.15, -0.1) is 0 Å². The lowest BCUT2D eigenvalue weighted by Crippen LogP contribution is -2.50. The van der Waals surface area contributed by atoms with Gasteiger partial charge in [-0.3, -0.25) is 4.79 Å². The van der Waals surface area contributed by atoms with Crippen LogP contribution in [-0.4, -0.2) is 35.6 Å². The topological polar surface area (TPSA) is 81.8 Å². The molecular weight excluding hydrogens is 234 g/mol. The summed E-state index contributed by atoms with van der Waals surface area (Å²) in [4.78, 5) is 10.9. The summed E-state index contributed by atoms with van der Waals surface area (Å²) >= 11 is 0. The number of nitrogens with two attached hydrogens (primary N) is 1. The van der Waals surface area contributed by atoms with Crippen molar-refractivity contribution in [2.75, 3.05) is 6.54 Å². The van der Waals surface area contributed by atoms with Crippen LogP contribution in [0.2, 0.25) is 0 Å². The first kappa shape index (κ1) is 13.8. The predicted molar refractivity (Wildman–Crippen MR) is 66.1 cm³/mol. The summed E-state index contributed by atoms with van der Waals surface area (Å²) in [5.74, 6) is -1.34. The first-order valence-electron chi connectivity index (χ1n) is 6.91. The second kappa shape index (κ2) is 5.99. The van der Waals surface area contributed by atoms with E-state index in [1.807, 2.05) is 0 Å². The monoisotopic (exact) mass is 257 g/mol. The van der Waals surface area contributed by atoms with Gasteiger partial charge in [-0.25, -0.2) is 0 Å². The van der Waals surface area contributed by atoms with Crippen molar-refractivity contribution in [3.05, 3.63) is 0 Å². The zero-order valence-corrected chi connectivity index (χ0v) is 10.8. The van der Waals surface area contributed by atoms with Crippen LogP contribution in [0.25, 0.3) is 0 Å². The maximum absolute atomic E-state index is 10.9. The highest BCUT2D eigenvalue weighted by Gasteiger charge is 2.43. The molecule has 2 atom stereocenters. The number of carboxylic acids is 1. The fraction of sp³-hybridized carbons (Fsp3) is 0.923. The van der Waals surface area contributed by atoms with Gasteiger partial charge in [-0.05, 0) is 25.8 Å². The minimum Gasteiger partial charge on any atom is -0.481 e. The first-order valence-corrected chi connectivity index (χ1v) is 6.91. The number of ether oxygens (including phenoxy) is 2. The molecule has 0 radical (unpaired) electrons. The number of hydrogen-bond donors (Lipinski definition) is 2. The van der Waals surface area contributed by atoms with Crippen molar-refractivity contribution >= 4 is 5.97 Å². The van der Waals surface area contributed by atoms with E-state index in [-0.39, 0.29) is 18.6 Å². The van der Waals surface area contributed by atoms with Gasteiger partial charge < -0.3 is 20.3 Å². The molecule has 1 heterocycles. The van der Waals surface area contributed by atoms with Gasteiger partial charge in [0.2, 0.25) is 0 Å².